The van der Waals surface area contributed by atoms with Gasteiger partial charge < -0.3 is 14.4 Å². The molecular formula is C26H27FN2O4. The molecule has 2 aliphatic heterocycles. The van der Waals surface area contributed by atoms with Crippen molar-refractivity contribution in [2.24, 2.45) is 11.8 Å². The van der Waals surface area contributed by atoms with Gasteiger partial charge in [-0.15, -0.1) is 0 Å². The molecule has 1 aliphatic carbocycles. The summed E-state index contributed by atoms with van der Waals surface area (Å²) in [5, 5.41) is 9.06. The molecule has 0 aromatic heterocycles. The van der Waals surface area contributed by atoms with Gasteiger partial charge in [0, 0.05) is 18.7 Å². The molecule has 1 aromatic carbocycles. The van der Waals surface area contributed by atoms with E-state index < -0.39 is 5.82 Å². The Morgan fingerprint density at radius 2 is 2.12 bits per heavy atom. The number of carbonyl (C=O) groups is 2. The number of ether oxygens (including phenoxy) is 2. The number of hydrogen-bond acceptors (Lipinski definition) is 5. The lowest BCUT2D eigenvalue weighted by molar-refractivity contribution is -0.145. The van der Waals surface area contributed by atoms with E-state index in [1.807, 2.05) is 24.3 Å². The predicted molar refractivity (Wildman–Crippen MR) is 120 cm³/mol. The molecule has 2 heterocycles. The molecular weight excluding hydrogens is 423 g/mol. The molecule has 1 atom stereocenters. The van der Waals surface area contributed by atoms with Crippen molar-refractivity contribution in [3.8, 4) is 11.8 Å². The molecule has 0 bridgehead atoms. The van der Waals surface area contributed by atoms with Gasteiger partial charge in [0.15, 0.2) is 0 Å². The zero-order valence-corrected chi connectivity index (χ0v) is 18.7. The fourth-order valence-corrected chi connectivity index (χ4v) is 4.65. The predicted octanol–water partition coefficient (Wildman–Crippen LogP) is 3.86. The third kappa shape index (κ3) is 5.16. The van der Waals surface area contributed by atoms with Crippen molar-refractivity contribution in [2.45, 2.75) is 32.1 Å². The summed E-state index contributed by atoms with van der Waals surface area (Å²) in [6.45, 7) is 1.66. The Hall–Kier alpha value is -3.40. The van der Waals surface area contributed by atoms with E-state index in [9.17, 15) is 14.0 Å². The van der Waals surface area contributed by atoms with Crippen LogP contribution in [0.3, 0.4) is 0 Å². The number of piperidine rings is 1. The summed E-state index contributed by atoms with van der Waals surface area (Å²) in [5.41, 5.74) is 2.60. The Balaban J connectivity index is 1.27. The number of cyclic esters (lactones) is 1. The molecule has 6 nitrogen and oxygen atoms in total. The fraction of sp³-hybridized carbons (Fsp3) is 0.423. The van der Waals surface area contributed by atoms with E-state index in [1.165, 1.54) is 18.7 Å². The number of rotatable bonds is 6. The summed E-state index contributed by atoms with van der Waals surface area (Å²) in [6.07, 6.45) is 11.8. The number of esters is 1. The largest absolute Gasteiger partial charge is 0.495 e. The first-order chi connectivity index (χ1) is 16.0. The van der Waals surface area contributed by atoms with Crippen LogP contribution in [0.25, 0.3) is 0 Å². The third-order valence-electron chi connectivity index (χ3n) is 6.65. The van der Waals surface area contributed by atoms with Crippen LogP contribution in [0.4, 0.5) is 4.39 Å². The van der Waals surface area contributed by atoms with E-state index in [2.05, 4.69) is 6.08 Å². The second kappa shape index (κ2) is 10.0. The van der Waals surface area contributed by atoms with Crippen molar-refractivity contribution in [3.05, 3.63) is 64.5 Å². The summed E-state index contributed by atoms with van der Waals surface area (Å²) in [4.78, 5) is 26.3. The molecule has 0 spiro atoms. The summed E-state index contributed by atoms with van der Waals surface area (Å²) < 4.78 is 24.5. The number of benzene rings is 1. The molecule has 1 amide bonds. The Labute approximate surface area is 193 Å². The average Bonchev–Trinajstić information content (AvgIpc) is 2.84. The highest BCUT2D eigenvalue weighted by atomic mass is 19.1. The summed E-state index contributed by atoms with van der Waals surface area (Å²) in [7, 11) is 1.42. The lowest BCUT2D eigenvalue weighted by atomic mass is 9.85. The van der Waals surface area contributed by atoms with Gasteiger partial charge in [-0.3, -0.25) is 9.59 Å². The maximum atomic E-state index is 14.3. The number of amides is 1. The van der Waals surface area contributed by atoms with Crippen molar-refractivity contribution < 1.29 is 23.5 Å². The Morgan fingerprint density at radius 3 is 2.85 bits per heavy atom. The van der Waals surface area contributed by atoms with Crippen LogP contribution >= 0.6 is 0 Å². The van der Waals surface area contributed by atoms with Crippen LogP contribution in [0.5, 0.6) is 5.75 Å². The summed E-state index contributed by atoms with van der Waals surface area (Å²) in [6, 6.07) is 4.46. The molecule has 0 saturated carbocycles. The molecule has 0 radical (unpaired) electrons. The molecule has 1 unspecified atom stereocenters. The van der Waals surface area contributed by atoms with Crippen LogP contribution in [0.2, 0.25) is 0 Å². The van der Waals surface area contributed by atoms with E-state index >= 15 is 0 Å². The normalized spacial score (nSPS) is 20.3. The molecule has 1 fully saturated rings. The second-order valence-electron chi connectivity index (χ2n) is 8.69. The van der Waals surface area contributed by atoms with Crippen LogP contribution in [-0.2, 0) is 20.7 Å². The van der Waals surface area contributed by atoms with Crippen molar-refractivity contribution >= 4 is 11.9 Å². The zero-order valence-electron chi connectivity index (χ0n) is 18.7. The van der Waals surface area contributed by atoms with Gasteiger partial charge in [0.25, 0.3) is 0 Å². The lowest BCUT2D eigenvalue weighted by Crippen LogP contribution is -2.39. The van der Waals surface area contributed by atoms with Gasteiger partial charge in [-0.2, -0.15) is 5.26 Å². The Bertz CT molecular complexity index is 1070. The van der Waals surface area contributed by atoms with Crippen molar-refractivity contribution in [3.63, 3.8) is 0 Å². The molecule has 1 saturated heterocycles. The van der Waals surface area contributed by atoms with Crippen LogP contribution in [-0.4, -0.2) is 43.6 Å². The highest BCUT2D eigenvalue weighted by molar-refractivity contribution is 5.81. The quantitative estimate of drug-likeness (QED) is 0.615. The minimum absolute atomic E-state index is 0.0467. The summed E-state index contributed by atoms with van der Waals surface area (Å²) in [5.74, 6) is -0.322. The van der Waals surface area contributed by atoms with Crippen LogP contribution in [0.1, 0.15) is 36.8 Å². The Morgan fingerprint density at radius 1 is 1.33 bits per heavy atom. The van der Waals surface area contributed by atoms with Crippen LogP contribution in [0, 0.1) is 29.0 Å². The number of carbonyl (C=O) groups excluding carboxylic acids is 2. The van der Waals surface area contributed by atoms with E-state index in [1.54, 1.807) is 4.90 Å². The number of allylic oxidation sites excluding steroid dienone is 3. The average molecular weight is 451 g/mol. The van der Waals surface area contributed by atoms with E-state index in [4.69, 9.17) is 14.7 Å². The Kier molecular flexibility index (Phi) is 6.93. The molecule has 7 heteroatoms. The van der Waals surface area contributed by atoms with Crippen LogP contribution < -0.4 is 4.74 Å². The van der Waals surface area contributed by atoms with Crippen LogP contribution in [0.15, 0.2) is 47.6 Å². The summed E-state index contributed by atoms with van der Waals surface area (Å²) >= 11 is 0. The van der Waals surface area contributed by atoms with Gasteiger partial charge in [-0.05, 0) is 61.0 Å². The smallest absolute Gasteiger partial charge is 0.317 e. The number of fused-ring (bicyclic) bond motifs is 1. The maximum absolute atomic E-state index is 14.3. The number of likely N-dealkylation sites (tertiary alicyclic amines) is 1. The minimum atomic E-state index is -0.562. The number of nitriles is 1. The molecule has 33 heavy (non-hydrogen) atoms. The van der Waals surface area contributed by atoms with Gasteiger partial charge in [0.1, 0.15) is 30.2 Å². The first kappa shape index (κ1) is 22.8. The second-order valence-corrected chi connectivity index (χ2v) is 8.69. The zero-order chi connectivity index (χ0) is 23.4. The first-order valence-corrected chi connectivity index (χ1v) is 11.3. The van der Waals surface area contributed by atoms with Gasteiger partial charge in [0.2, 0.25) is 5.91 Å². The fourth-order valence-electron chi connectivity index (χ4n) is 4.65. The monoisotopic (exact) mass is 450 g/mol. The number of methoxy groups -OCH3 is 1. The van der Waals surface area contributed by atoms with E-state index in [0.717, 1.165) is 37.3 Å². The lowest BCUT2D eigenvalue weighted by Gasteiger charge is -2.32. The molecule has 3 aliphatic rings. The highest BCUT2D eigenvalue weighted by Crippen LogP contribution is 2.31. The number of halogens is 1. The van der Waals surface area contributed by atoms with Crippen molar-refractivity contribution in [1.29, 1.82) is 5.26 Å². The minimum Gasteiger partial charge on any atom is -0.495 e. The molecule has 1 aromatic rings. The standard InChI is InChI=1S/C26H27FN2O4/c1-32-24-14-20(23(27)13-21(24)16-28)15-25(30)29-9-6-17(7-10-29)2-3-18-4-5-22-19(12-18)8-11-33-26(22)31/h4-5,8,12-14,17,22H,2-3,6-7,9-11,15H2,1H3. The van der Waals surface area contributed by atoms with Gasteiger partial charge in [0.05, 0.1) is 19.1 Å². The molecule has 0 N–H and O–H groups in total. The van der Waals surface area contributed by atoms with Gasteiger partial charge in [-0.1, -0.05) is 18.2 Å². The van der Waals surface area contributed by atoms with Crippen molar-refractivity contribution in [1.82, 2.24) is 4.90 Å². The maximum Gasteiger partial charge on any atom is 0.317 e. The number of nitrogens with zero attached hydrogens (tertiary/aromatic N) is 2. The van der Waals surface area contributed by atoms with E-state index in [-0.39, 0.29) is 41.1 Å². The third-order valence-corrected chi connectivity index (χ3v) is 6.65. The SMILES string of the molecule is COc1cc(CC(=O)N2CCC(CCC3=CC4=CCOC(=O)C4C=C3)CC2)c(F)cc1C#N. The molecule has 4 rings (SSSR count). The van der Waals surface area contributed by atoms with E-state index in [0.29, 0.717) is 25.6 Å². The topological polar surface area (TPSA) is 79.6 Å². The highest BCUT2D eigenvalue weighted by Gasteiger charge is 2.27. The number of hydrogen-bond donors (Lipinski definition) is 0. The van der Waals surface area contributed by atoms with Gasteiger partial charge in [-0.25, -0.2) is 4.39 Å². The molecule has 172 valence electrons. The van der Waals surface area contributed by atoms with Gasteiger partial charge >= 0.3 is 5.97 Å². The van der Waals surface area contributed by atoms with Crippen molar-refractivity contribution in [2.75, 3.05) is 26.8 Å². The first-order valence-electron chi connectivity index (χ1n) is 11.3.